The Labute approximate surface area is 164 Å². The SMILES string of the molecule is Cc1ccc(-n2nnnc2Sc2nccc(Oc3ccc(F)cc3)n2)cc1C. The second-order valence-electron chi connectivity index (χ2n) is 5.98. The van der Waals surface area contributed by atoms with Crippen LogP contribution in [0.1, 0.15) is 11.1 Å². The van der Waals surface area contributed by atoms with Gasteiger partial charge in [-0.1, -0.05) is 6.07 Å². The molecule has 2 heterocycles. The number of hydrogen-bond acceptors (Lipinski definition) is 7. The molecular weight excluding hydrogens is 379 g/mol. The zero-order valence-corrected chi connectivity index (χ0v) is 15.9. The number of aryl methyl sites for hydroxylation is 2. The molecule has 2 aromatic carbocycles. The second-order valence-corrected chi connectivity index (χ2v) is 6.91. The van der Waals surface area contributed by atoms with Crippen LogP contribution >= 0.6 is 11.8 Å². The quantitative estimate of drug-likeness (QED) is 0.471. The molecule has 0 spiro atoms. The molecule has 2 aromatic heterocycles. The average molecular weight is 394 g/mol. The maximum absolute atomic E-state index is 13.0. The smallest absolute Gasteiger partial charge is 0.223 e. The molecule has 0 fully saturated rings. The van der Waals surface area contributed by atoms with Crippen LogP contribution in [-0.4, -0.2) is 30.2 Å². The maximum Gasteiger partial charge on any atom is 0.223 e. The van der Waals surface area contributed by atoms with Crippen molar-refractivity contribution in [1.29, 1.82) is 0 Å². The minimum Gasteiger partial charge on any atom is -0.439 e. The lowest BCUT2D eigenvalue weighted by Gasteiger charge is -2.07. The van der Waals surface area contributed by atoms with E-state index in [-0.39, 0.29) is 5.82 Å². The highest BCUT2D eigenvalue weighted by molar-refractivity contribution is 7.99. The van der Waals surface area contributed by atoms with Crippen LogP contribution in [-0.2, 0) is 0 Å². The third-order valence-corrected chi connectivity index (χ3v) is 4.82. The van der Waals surface area contributed by atoms with Gasteiger partial charge in [-0.25, -0.2) is 9.37 Å². The van der Waals surface area contributed by atoms with Gasteiger partial charge < -0.3 is 4.74 Å². The third-order valence-electron chi connectivity index (χ3n) is 4.00. The first-order chi connectivity index (χ1) is 13.6. The van der Waals surface area contributed by atoms with Crippen molar-refractivity contribution < 1.29 is 9.13 Å². The Balaban J connectivity index is 1.56. The molecule has 0 bridgehead atoms. The predicted molar refractivity (Wildman–Crippen MR) is 101 cm³/mol. The van der Waals surface area contributed by atoms with Crippen molar-refractivity contribution in [2.75, 3.05) is 0 Å². The Kier molecular flexibility index (Phi) is 4.98. The van der Waals surface area contributed by atoms with E-state index >= 15 is 0 Å². The van der Waals surface area contributed by atoms with Crippen LogP contribution < -0.4 is 4.74 Å². The Morgan fingerprint density at radius 2 is 1.82 bits per heavy atom. The molecule has 0 unspecified atom stereocenters. The van der Waals surface area contributed by atoms with E-state index in [4.69, 9.17) is 4.74 Å². The van der Waals surface area contributed by atoms with Crippen LogP contribution in [0.25, 0.3) is 5.69 Å². The standard InChI is InChI=1S/C19H15FN6OS/c1-12-3-6-15(11-13(12)2)26-19(23-24-25-26)28-18-21-10-9-17(22-18)27-16-7-4-14(20)5-8-16/h3-11H,1-2H3. The van der Waals surface area contributed by atoms with E-state index in [1.165, 1.54) is 41.6 Å². The van der Waals surface area contributed by atoms with Crippen molar-refractivity contribution in [3.63, 3.8) is 0 Å². The van der Waals surface area contributed by atoms with Crippen molar-refractivity contribution in [3.8, 4) is 17.3 Å². The van der Waals surface area contributed by atoms with Gasteiger partial charge in [0, 0.05) is 12.3 Å². The Morgan fingerprint density at radius 1 is 1.00 bits per heavy atom. The van der Waals surface area contributed by atoms with Crippen molar-refractivity contribution in [2.45, 2.75) is 24.2 Å². The molecule has 4 rings (SSSR count). The molecule has 0 radical (unpaired) electrons. The van der Waals surface area contributed by atoms with Gasteiger partial charge >= 0.3 is 0 Å². The Morgan fingerprint density at radius 3 is 2.61 bits per heavy atom. The van der Waals surface area contributed by atoms with E-state index < -0.39 is 0 Å². The highest BCUT2D eigenvalue weighted by Gasteiger charge is 2.13. The molecule has 4 aromatic rings. The van der Waals surface area contributed by atoms with Gasteiger partial charge in [0.1, 0.15) is 11.6 Å². The molecule has 0 saturated carbocycles. The molecule has 0 aliphatic rings. The zero-order valence-electron chi connectivity index (χ0n) is 15.1. The van der Waals surface area contributed by atoms with Gasteiger partial charge in [0.15, 0.2) is 5.16 Å². The van der Waals surface area contributed by atoms with E-state index in [0.29, 0.717) is 21.9 Å². The molecule has 9 heteroatoms. The minimum atomic E-state index is -0.329. The predicted octanol–water partition coefficient (Wildman–Crippen LogP) is 4.15. The summed E-state index contributed by atoms with van der Waals surface area (Å²) in [6.45, 7) is 4.09. The first-order valence-electron chi connectivity index (χ1n) is 8.39. The van der Waals surface area contributed by atoms with Crippen molar-refractivity contribution in [1.82, 2.24) is 30.2 Å². The van der Waals surface area contributed by atoms with Gasteiger partial charge in [-0.15, -0.1) is 5.10 Å². The molecule has 0 aliphatic carbocycles. The summed E-state index contributed by atoms with van der Waals surface area (Å²) in [6.07, 6.45) is 1.58. The summed E-state index contributed by atoms with van der Waals surface area (Å²) in [5.74, 6) is 0.495. The molecule has 0 aliphatic heterocycles. The fourth-order valence-corrected chi connectivity index (χ4v) is 3.12. The van der Waals surface area contributed by atoms with Gasteiger partial charge in [0.2, 0.25) is 11.0 Å². The topological polar surface area (TPSA) is 78.6 Å². The van der Waals surface area contributed by atoms with Gasteiger partial charge in [-0.3, -0.25) is 0 Å². The van der Waals surface area contributed by atoms with E-state index in [1.54, 1.807) is 16.9 Å². The number of ether oxygens (including phenoxy) is 1. The van der Waals surface area contributed by atoms with Gasteiger partial charge in [0.05, 0.1) is 5.69 Å². The van der Waals surface area contributed by atoms with E-state index in [0.717, 1.165) is 11.3 Å². The number of aromatic nitrogens is 6. The van der Waals surface area contributed by atoms with E-state index in [2.05, 4.69) is 32.4 Å². The largest absolute Gasteiger partial charge is 0.439 e. The van der Waals surface area contributed by atoms with Gasteiger partial charge in [0.25, 0.3) is 0 Å². The lowest BCUT2D eigenvalue weighted by atomic mass is 10.1. The summed E-state index contributed by atoms with van der Waals surface area (Å²) in [5.41, 5.74) is 3.20. The van der Waals surface area contributed by atoms with E-state index in [1.807, 2.05) is 25.1 Å². The first-order valence-corrected chi connectivity index (χ1v) is 9.20. The molecule has 0 amide bonds. The highest BCUT2D eigenvalue weighted by atomic mass is 32.2. The Hall–Kier alpha value is -3.33. The Bertz CT molecular complexity index is 1120. The number of nitrogens with zero attached hydrogens (tertiary/aromatic N) is 6. The van der Waals surface area contributed by atoms with Crippen LogP contribution in [0.5, 0.6) is 11.6 Å². The molecule has 0 saturated heterocycles. The minimum absolute atomic E-state index is 0.329. The van der Waals surface area contributed by atoms with Crippen molar-refractivity contribution in [3.05, 3.63) is 71.7 Å². The molecular formula is C19H15FN6OS. The monoisotopic (exact) mass is 394 g/mol. The van der Waals surface area contributed by atoms with Crippen LogP contribution in [0.2, 0.25) is 0 Å². The molecule has 7 nitrogen and oxygen atoms in total. The summed E-state index contributed by atoms with van der Waals surface area (Å²) in [7, 11) is 0. The highest BCUT2D eigenvalue weighted by Crippen LogP contribution is 2.27. The normalized spacial score (nSPS) is 10.8. The fraction of sp³-hybridized carbons (Fsp3) is 0.105. The lowest BCUT2D eigenvalue weighted by Crippen LogP contribution is -2.00. The zero-order chi connectivity index (χ0) is 19.5. The average Bonchev–Trinajstić information content (AvgIpc) is 3.14. The van der Waals surface area contributed by atoms with Gasteiger partial charge in [-0.05, 0) is 83.6 Å². The van der Waals surface area contributed by atoms with Gasteiger partial charge in [-0.2, -0.15) is 9.67 Å². The van der Waals surface area contributed by atoms with Crippen molar-refractivity contribution >= 4 is 11.8 Å². The lowest BCUT2D eigenvalue weighted by molar-refractivity contribution is 0.454. The van der Waals surface area contributed by atoms with Crippen LogP contribution in [0, 0.1) is 19.7 Å². The van der Waals surface area contributed by atoms with Crippen LogP contribution in [0.3, 0.4) is 0 Å². The number of tetrazole rings is 1. The van der Waals surface area contributed by atoms with Crippen LogP contribution in [0.4, 0.5) is 4.39 Å². The maximum atomic E-state index is 13.0. The third kappa shape index (κ3) is 3.99. The molecule has 0 N–H and O–H groups in total. The molecule has 28 heavy (non-hydrogen) atoms. The molecule has 140 valence electrons. The summed E-state index contributed by atoms with van der Waals surface area (Å²) in [5, 5.41) is 12.9. The van der Waals surface area contributed by atoms with E-state index in [9.17, 15) is 4.39 Å². The number of rotatable bonds is 5. The summed E-state index contributed by atoms with van der Waals surface area (Å²) >= 11 is 1.22. The second kappa shape index (κ2) is 7.73. The van der Waals surface area contributed by atoms with Crippen molar-refractivity contribution in [2.24, 2.45) is 0 Å². The first kappa shape index (κ1) is 18.1. The van der Waals surface area contributed by atoms with Crippen LogP contribution in [0.15, 0.2) is 65.0 Å². The number of benzene rings is 2. The summed E-state index contributed by atoms with van der Waals surface area (Å²) in [4.78, 5) is 8.60. The number of halogens is 1. The fourth-order valence-electron chi connectivity index (χ4n) is 2.40. The summed E-state index contributed by atoms with van der Waals surface area (Å²) in [6, 6.07) is 13.3. The number of hydrogen-bond donors (Lipinski definition) is 0. The molecule has 0 atom stereocenters. The summed E-state index contributed by atoms with van der Waals surface area (Å²) < 4.78 is 20.3.